The number of thioether (sulfide) groups is 2. The van der Waals surface area contributed by atoms with Crippen LogP contribution >= 0.6 is 23.5 Å². The summed E-state index contributed by atoms with van der Waals surface area (Å²) in [6.07, 6.45) is 0. The average Bonchev–Trinajstić information content (AvgIpc) is 3.17. The summed E-state index contributed by atoms with van der Waals surface area (Å²) in [5.41, 5.74) is 4.23. The number of carbonyl (C=O) groups excluding carboxylic acids is 1. The summed E-state index contributed by atoms with van der Waals surface area (Å²) in [5.74, 6) is 3.41. The minimum Gasteiger partial charge on any atom is -0.493 e. The molecule has 4 nitrogen and oxygen atoms in total. The number of benzene rings is 2. The van der Waals surface area contributed by atoms with E-state index in [1.54, 1.807) is 7.11 Å². The number of methoxy groups -OCH3 is 1. The van der Waals surface area contributed by atoms with Gasteiger partial charge in [-0.3, -0.25) is 4.79 Å². The maximum atomic E-state index is 12.2. The first-order chi connectivity index (χ1) is 12.6. The summed E-state index contributed by atoms with van der Waals surface area (Å²) < 4.78 is 11.6. The van der Waals surface area contributed by atoms with E-state index in [-0.39, 0.29) is 12.5 Å². The molecule has 0 aliphatic carbocycles. The van der Waals surface area contributed by atoms with Crippen LogP contribution in [0, 0.1) is 13.8 Å². The number of nitrogens with one attached hydrogen (secondary N) is 1. The van der Waals surface area contributed by atoms with Gasteiger partial charge in [0.1, 0.15) is 0 Å². The van der Waals surface area contributed by atoms with Crippen molar-refractivity contribution in [3.8, 4) is 11.5 Å². The minimum absolute atomic E-state index is 0.0596. The summed E-state index contributed by atoms with van der Waals surface area (Å²) in [5, 5.41) is 2.89. The molecule has 0 atom stereocenters. The topological polar surface area (TPSA) is 47.6 Å². The van der Waals surface area contributed by atoms with Crippen molar-refractivity contribution in [2.75, 3.05) is 30.5 Å². The van der Waals surface area contributed by atoms with Gasteiger partial charge in [0.25, 0.3) is 5.91 Å². The zero-order valence-electron chi connectivity index (χ0n) is 15.2. The third-order valence-electron chi connectivity index (χ3n) is 4.10. The lowest BCUT2D eigenvalue weighted by atomic mass is 10.1. The van der Waals surface area contributed by atoms with Gasteiger partial charge in [0.05, 0.1) is 11.7 Å². The highest BCUT2D eigenvalue weighted by atomic mass is 32.2. The van der Waals surface area contributed by atoms with Crippen LogP contribution in [-0.2, 0) is 4.79 Å². The molecule has 0 spiro atoms. The molecule has 0 bridgehead atoms. The second-order valence-corrected chi connectivity index (χ2v) is 8.86. The molecule has 1 heterocycles. The standard InChI is InChI=1S/C20H23NO3S2/c1-13-4-6-16(14(2)10-13)21-19(22)12-24-17-7-5-15(11-18(17)23-3)20-25-8-9-26-20/h4-7,10-11,20H,8-9,12H2,1-3H3,(H,21,22). The molecule has 0 unspecified atom stereocenters. The van der Waals surface area contributed by atoms with E-state index in [1.807, 2.05) is 67.7 Å². The largest absolute Gasteiger partial charge is 0.493 e. The maximum absolute atomic E-state index is 12.2. The van der Waals surface area contributed by atoms with Gasteiger partial charge in [-0.2, -0.15) is 0 Å². The summed E-state index contributed by atoms with van der Waals surface area (Å²) in [4.78, 5) is 12.2. The van der Waals surface area contributed by atoms with Crippen LogP contribution in [0.5, 0.6) is 11.5 Å². The number of aryl methyl sites for hydroxylation is 2. The lowest BCUT2D eigenvalue weighted by Gasteiger charge is -2.15. The molecule has 1 amide bonds. The number of hydrogen-bond donors (Lipinski definition) is 1. The highest BCUT2D eigenvalue weighted by molar-refractivity contribution is 8.19. The normalized spacial score (nSPS) is 14.3. The molecule has 1 aliphatic heterocycles. The predicted molar refractivity (Wildman–Crippen MR) is 111 cm³/mol. The molecule has 138 valence electrons. The summed E-state index contributed by atoms with van der Waals surface area (Å²) in [6.45, 7) is 3.94. The van der Waals surface area contributed by atoms with Crippen LogP contribution in [-0.4, -0.2) is 31.1 Å². The Morgan fingerprint density at radius 3 is 2.58 bits per heavy atom. The van der Waals surface area contributed by atoms with E-state index >= 15 is 0 Å². The predicted octanol–water partition coefficient (Wildman–Crippen LogP) is 4.81. The molecule has 0 aromatic heterocycles. The van der Waals surface area contributed by atoms with E-state index in [0.29, 0.717) is 16.1 Å². The molecule has 1 saturated heterocycles. The van der Waals surface area contributed by atoms with Gasteiger partial charge in [0.2, 0.25) is 0 Å². The smallest absolute Gasteiger partial charge is 0.262 e. The molecular weight excluding hydrogens is 366 g/mol. The number of hydrogen-bond acceptors (Lipinski definition) is 5. The molecule has 26 heavy (non-hydrogen) atoms. The van der Waals surface area contributed by atoms with Crippen molar-refractivity contribution in [2.24, 2.45) is 0 Å². The van der Waals surface area contributed by atoms with Crippen molar-refractivity contribution in [1.29, 1.82) is 0 Å². The summed E-state index contributed by atoms with van der Waals surface area (Å²) >= 11 is 3.89. The van der Waals surface area contributed by atoms with Crippen molar-refractivity contribution in [3.05, 3.63) is 53.1 Å². The highest BCUT2D eigenvalue weighted by Crippen LogP contribution is 2.46. The Morgan fingerprint density at radius 1 is 1.12 bits per heavy atom. The van der Waals surface area contributed by atoms with Crippen LogP contribution in [0.1, 0.15) is 21.3 Å². The van der Waals surface area contributed by atoms with Gasteiger partial charge in [-0.05, 0) is 43.2 Å². The van der Waals surface area contributed by atoms with Gasteiger partial charge in [0, 0.05) is 17.2 Å². The maximum Gasteiger partial charge on any atom is 0.262 e. The lowest BCUT2D eigenvalue weighted by Crippen LogP contribution is -2.20. The zero-order valence-corrected chi connectivity index (χ0v) is 16.8. The molecule has 3 rings (SSSR count). The minimum atomic E-state index is -0.190. The Morgan fingerprint density at radius 2 is 1.88 bits per heavy atom. The van der Waals surface area contributed by atoms with Crippen LogP contribution in [0.15, 0.2) is 36.4 Å². The lowest BCUT2D eigenvalue weighted by molar-refractivity contribution is -0.118. The van der Waals surface area contributed by atoms with Crippen LogP contribution in [0.4, 0.5) is 5.69 Å². The van der Waals surface area contributed by atoms with E-state index in [1.165, 1.54) is 22.6 Å². The number of rotatable bonds is 6. The first-order valence-corrected chi connectivity index (χ1v) is 10.6. The molecule has 2 aromatic carbocycles. The fraction of sp³-hybridized carbons (Fsp3) is 0.350. The van der Waals surface area contributed by atoms with E-state index in [2.05, 4.69) is 11.4 Å². The second-order valence-electron chi connectivity index (χ2n) is 6.14. The number of amides is 1. The van der Waals surface area contributed by atoms with Crippen molar-refractivity contribution in [3.63, 3.8) is 0 Å². The summed E-state index contributed by atoms with van der Waals surface area (Å²) in [6, 6.07) is 11.9. The Labute approximate surface area is 163 Å². The Hall–Kier alpha value is -1.79. The molecule has 6 heteroatoms. The second kappa shape index (κ2) is 8.73. The van der Waals surface area contributed by atoms with Crippen LogP contribution in [0.2, 0.25) is 0 Å². The average molecular weight is 390 g/mol. The molecule has 1 aliphatic rings. The molecular formula is C20H23NO3S2. The van der Waals surface area contributed by atoms with E-state index < -0.39 is 0 Å². The fourth-order valence-corrected chi connectivity index (χ4v) is 5.62. The molecule has 2 aromatic rings. The molecule has 1 N–H and O–H groups in total. The van der Waals surface area contributed by atoms with Crippen LogP contribution in [0.3, 0.4) is 0 Å². The third-order valence-corrected chi connectivity index (χ3v) is 7.20. The Bertz CT molecular complexity index is 789. The number of ether oxygens (including phenoxy) is 2. The van der Waals surface area contributed by atoms with Gasteiger partial charge in [-0.25, -0.2) is 0 Å². The SMILES string of the molecule is COc1cc(C2SCCS2)ccc1OCC(=O)Nc1ccc(C)cc1C. The van der Waals surface area contributed by atoms with Crippen molar-refractivity contribution in [1.82, 2.24) is 0 Å². The van der Waals surface area contributed by atoms with Crippen molar-refractivity contribution < 1.29 is 14.3 Å². The third kappa shape index (κ3) is 4.68. The molecule has 0 saturated carbocycles. The van der Waals surface area contributed by atoms with E-state index in [4.69, 9.17) is 9.47 Å². The van der Waals surface area contributed by atoms with Gasteiger partial charge in [-0.15, -0.1) is 23.5 Å². The van der Waals surface area contributed by atoms with Crippen LogP contribution < -0.4 is 14.8 Å². The first-order valence-electron chi connectivity index (χ1n) is 8.48. The molecule has 1 fully saturated rings. The highest BCUT2D eigenvalue weighted by Gasteiger charge is 2.20. The zero-order chi connectivity index (χ0) is 18.5. The van der Waals surface area contributed by atoms with E-state index in [9.17, 15) is 4.79 Å². The van der Waals surface area contributed by atoms with Crippen molar-refractivity contribution >= 4 is 35.1 Å². The quantitative estimate of drug-likeness (QED) is 0.768. The Kier molecular flexibility index (Phi) is 6.38. The van der Waals surface area contributed by atoms with Gasteiger partial charge >= 0.3 is 0 Å². The Balaban J connectivity index is 1.62. The number of carbonyl (C=O) groups is 1. The summed E-state index contributed by atoms with van der Waals surface area (Å²) in [7, 11) is 1.62. The van der Waals surface area contributed by atoms with Crippen molar-refractivity contribution in [2.45, 2.75) is 18.4 Å². The van der Waals surface area contributed by atoms with Crippen LogP contribution in [0.25, 0.3) is 0 Å². The van der Waals surface area contributed by atoms with Gasteiger partial charge < -0.3 is 14.8 Å². The van der Waals surface area contributed by atoms with Gasteiger partial charge in [0.15, 0.2) is 18.1 Å². The van der Waals surface area contributed by atoms with E-state index in [0.717, 1.165) is 11.3 Å². The monoisotopic (exact) mass is 389 g/mol. The fourth-order valence-electron chi connectivity index (χ4n) is 2.78. The van der Waals surface area contributed by atoms with Gasteiger partial charge in [-0.1, -0.05) is 23.8 Å². The number of anilines is 1. The first kappa shape index (κ1) is 19.0. The molecule has 0 radical (unpaired) electrons.